The molecule has 2 atom stereocenters. The Kier molecular flexibility index (Phi) is 5.14. The molecule has 0 spiro atoms. The van der Waals surface area contributed by atoms with Crippen molar-refractivity contribution in [3.05, 3.63) is 71.3 Å². The maximum absolute atomic E-state index is 12.8. The zero-order chi connectivity index (χ0) is 17.8. The van der Waals surface area contributed by atoms with E-state index < -0.39 is 12.1 Å². The third-order valence-electron chi connectivity index (χ3n) is 4.67. The minimum atomic E-state index is -1.05. The lowest BCUT2D eigenvalue weighted by atomic mass is 10.00. The van der Waals surface area contributed by atoms with Gasteiger partial charge in [0.05, 0.1) is 11.7 Å². The van der Waals surface area contributed by atoms with E-state index in [1.165, 1.54) is 12.1 Å². The first-order valence-corrected chi connectivity index (χ1v) is 8.43. The molecule has 0 bridgehead atoms. The summed E-state index contributed by atoms with van der Waals surface area (Å²) < 4.78 is 0. The lowest BCUT2D eigenvalue weighted by Gasteiger charge is -2.27. The van der Waals surface area contributed by atoms with E-state index in [2.05, 4.69) is 0 Å². The van der Waals surface area contributed by atoms with Gasteiger partial charge in [-0.2, -0.15) is 0 Å². The number of rotatable bonds is 5. The normalized spacial score (nSPS) is 18.1. The van der Waals surface area contributed by atoms with Gasteiger partial charge in [0.25, 0.3) is 5.91 Å². The molecule has 3 rings (SSSR count). The standard InChI is InChI=1S/C20H21NO4/c22-18(14-6-2-1-3-7-14)13-17-10-5-11-21(17)19(23)15-8-4-9-16(12-15)20(24)25/h1-4,6-9,12,17-18,22H,5,10-11,13H2,(H,24,25)/t17-,18-/m1/s1. The molecule has 1 saturated heterocycles. The molecule has 25 heavy (non-hydrogen) atoms. The molecular weight excluding hydrogens is 318 g/mol. The Hall–Kier alpha value is -2.66. The highest BCUT2D eigenvalue weighted by atomic mass is 16.4. The molecule has 0 aliphatic carbocycles. The summed E-state index contributed by atoms with van der Waals surface area (Å²) in [4.78, 5) is 25.7. The van der Waals surface area contributed by atoms with Crippen molar-refractivity contribution in [3.8, 4) is 0 Å². The average molecular weight is 339 g/mol. The van der Waals surface area contributed by atoms with Crippen LogP contribution in [0.15, 0.2) is 54.6 Å². The van der Waals surface area contributed by atoms with E-state index in [-0.39, 0.29) is 17.5 Å². The summed E-state index contributed by atoms with van der Waals surface area (Å²) in [5, 5.41) is 19.5. The number of hydrogen-bond donors (Lipinski definition) is 2. The number of amides is 1. The van der Waals surface area contributed by atoms with Gasteiger partial charge in [-0.05, 0) is 43.0 Å². The highest BCUT2D eigenvalue weighted by Gasteiger charge is 2.31. The van der Waals surface area contributed by atoms with Crippen molar-refractivity contribution >= 4 is 11.9 Å². The van der Waals surface area contributed by atoms with Gasteiger partial charge in [0, 0.05) is 18.2 Å². The maximum Gasteiger partial charge on any atom is 0.335 e. The van der Waals surface area contributed by atoms with Gasteiger partial charge in [0.2, 0.25) is 0 Å². The highest BCUT2D eigenvalue weighted by Crippen LogP contribution is 2.28. The quantitative estimate of drug-likeness (QED) is 0.877. The van der Waals surface area contributed by atoms with Gasteiger partial charge in [-0.3, -0.25) is 4.79 Å². The summed E-state index contributed by atoms with van der Waals surface area (Å²) in [5.41, 5.74) is 1.32. The average Bonchev–Trinajstić information content (AvgIpc) is 3.10. The van der Waals surface area contributed by atoms with E-state index >= 15 is 0 Å². The van der Waals surface area contributed by atoms with E-state index in [4.69, 9.17) is 5.11 Å². The van der Waals surface area contributed by atoms with Crippen LogP contribution in [0.5, 0.6) is 0 Å². The van der Waals surface area contributed by atoms with Crippen molar-refractivity contribution in [2.75, 3.05) is 6.54 Å². The van der Waals surface area contributed by atoms with E-state index in [1.807, 2.05) is 30.3 Å². The molecule has 1 aliphatic heterocycles. The monoisotopic (exact) mass is 339 g/mol. The number of aliphatic hydroxyl groups is 1. The number of hydrogen-bond acceptors (Lipinski definition) is 3. The Labute approximate surface area is 146 Å². The number of carbonyl (C=O) groups is 2. The fraction of sp³-hybridized carbons (Fsp3) is 0.300. The predicted octanol–water partition coefficient (Wildman–Crippen LogP) is 3.11. The second-order valence-corrected chi connectivity index (χ2v) is 6.34. The molecule has 0 saturated carbocycles. The molecule has 130 valence electrons. The van der Waals surface area contributed by atoms with Gasteiger partial charge in [-0.15, -0.1) is 0 Å². The number of nitrogens with zero attached hydrogens (tertiary/aromatic N) is 1. The van der Waals surface area contributed by atoms with E-state index in [0.717, 1.165) is 18.4 Å². The molecule has 0 unspecified atom stereocenters. The van der Waals surface area contributed by atoms with Crippen LogP contribution in [0.2, 0.25) is 0 Å². The van der Waals surface area contributed by atoms with Gasteiger partial charge in [-0.1, -0.05) is 36.4 Å². The topological polar surface area (TPSA) is 77.8 Å². The molecule has 0 radical (unpaired) electrons. The van der Waals surface area contributed by atoms with E-state index in [0.29, 0.717) is 18.5 Å². The SMILES string of the molecule is O=C(O)c1cccc(C(=O)N2CCC[C@@H]2C[C@@H](O)c2ccccc2)c1. The summed E-state index contributed by atoms with van der Waals surface area (Å²) in [5.74, 6) is -1.22. The van der Waals surface area contributed by atoms with Crippen LogP contribution in [0.1, 0.15) is 51.6 Å². The molecular formula is C20H21NO4. The van der Waals surface area contributed by atoms with Crippen molar-refractivity contribution in [2.45, 2.75) is 31.4 Å². The number of likely N-dealkylation sites (tertiary alicyclic amines) is 1. The maximum atomic E-state index is 12.8. The fourth-order valence-corrected chi connectivity index (χ4v) is 3.37. The van der Waals surface area contributed by atoms with Crippen molar-refractivity contribution in [3.63, 3.8) is 0 Å². The molecule has 2 aromatic carbocycles. The van der Waals surface area contributed by atoms with E-state index in [1.54, 1.807) is 17.0 Å². The number of carboxylic acid groups (broad SMARTS) is 1. The van der Waals surface area contributed by atoms with Gasteiger partial charge in [-0.25, -0.2) is 4.79 Å². The van der Waals surface area contributed by atoms with Crippen LogP contribution in [0.3, 0.4) is 0 Å². The number of carbonyl (C=O) groups excluding carboxylic acids is 1. The minimum absolute atomic E-state index is 0.0452. The molecule has 1 amide bonds. The first-order valence-electron chi connectivity index (χ1n) is 8.43. The number of aromatic carboxylic acids is 1. The van der Waals surface area contributed by atoms with Gasteiger partial charge < -0.3 is 15.1 Å². The first-order chi connectivity index (χ1) is 12.1. The van der Waals surface area contributed by atoms with E-state index in [9.17, 15) is 14.7 Å². The van der Waals surface area contributed by atoms with Crippen LogP contribution in [0.4, 0.5) is 0 Å². The third-order valence-corrected chi connectivity index (χ3v) is 4.67. The van der Waals surface area contributed by atoms with Crippen LogP contribution in [0.25, 0.3) is 0 Å². The van der Waals surface area contributed by atoms with Crippen molar-refractivity contribution in [1.29, 1.82) is 0 Å². The summed E-state index contributed by atoms with van der Waals surface area (Å²) in [7, 11) is 0. The molecule has 2 aromatic rings. The zero-order valence-corrected chi connectivity index (χ0v) is 13.8. The van der Waals surface area contributed by atoms with Crippen molar-refractivity contribution in [2.24, 2.45) is 0 Å². The molecule has 2 N–H and O–H groups in total. The Bertz CT molecular complexity index is 759. The van der Waals surface area contributed by atoms with Gasteiger partial charge >= 0.3 is 5.97 Å². The molecule has 1 aliphatic rings. The van der Waals surface area contributed by atoms with Gasteiger partial charge in [0.1, 0.15) is 0 Å². The number of carboxylic acids is 1. The smallest absolute Gasteiger partial charge is 0.335 e. The summed E-state index contributed by atoms with van der Waals surface area (Å²) >= 11 is 0. The molecule has 5 heteroatoms. The summed E-state index contributed by atoms with van der Waals surface area (Å²) in [6.07, 6.45) is 1.59. The number of benzene rings is 2. The molecule has 1 fully saturated rings. The Balaban J connectivity index is 1.74. The van der Waals surface area contributed by atoms with Crippen LogP contribution in [0, 0.1) is 0 Å². The summed E-state index contributed by atoms with van der Waals surface area (Å²) in [6.45, 7) is 0.627. The van der Waals surface area contributed by atoms with Crippen LogP contribution in [-0.2, 0) is 0 Å². The lowest BCUT2D eigenvalue weighted by Crippen LogP contribution is -2.36. The van der Waals surface area contributed by atoms with Gasteiger partial charge in [0.15, 0.2) is 0 Å². The third kappa shape index (κ3) is 3.88. The number of aliphatic hydroxyl groups excluding tert-OH is 1. The molecule has 0 aromatic heterocycles. The first kappa shape index (κ1) is 17.2. The Morgan fingerprint density at radius 1 is 1.08 bits per heavy atom. The zero-order valence-electron chi connectivity index (χ0n) is 13.8. The molecule has 5 nitrogen and oxygen atoms in total. The predicted molar refractivity (Wildman–Crippen MR) is 93.5 cm³/mol. The highest BCUT2D eigenvalue weighted by molar-refractivity contribution is 5.97. The van der Waals surface area contributed by atoms with Crippen LogP contribution >= 0.6 is 0 Å². The Morgan fingerprint density at radius 3 is 2.52 bits per heavy atom. The Morgan fingerprint density at radius 2 is 1.80 bits per heavy atom. The second kappa shape index (κ2) is 7.49. The summed E-state index contributed by atoms with van der Waals surface area (Å²) in [6, 6.07) is 15.5. The minimum Gasteiger partial charge on any atom is -0.478 e. The lowest BCUT2D eigenvalue weighted by molar-refractivity contribution is 0.0667. The van der Waals surface area contributed by atoms with Crippen molar-refractivity contribution < 1.29 is 19.8 Å². The van der Waals surface area contributed by atoms with Crippen molar-refractivity contribution in [1.82, 2.24) is 4.90 Å². The van der Waals surface area contributed by atoms with Crippen LogP contribution in [-0.4, -0.2) is 39.6 Å². The molecule has 1 heterocycles. The second-order valence-electron chi connectivity index (χ2n) is 6.34. The van der Waals surface area contributed by atoms with Crippen LogP contribution < -0.4 is 0 Å². The largest absolute Gasteiger partial charge is 0.478 e. The fourth-order valence-electron chi connectivity index (χ4n) is 3.37.